The number of amides is 1. The van der Waals surface area contributed by atoms with Crippen molar-refractivity contribution in [2.24, 2.45) is 17.8 Å². The summed E-state index contributed by atoms with van der Waals surface area (Å²) in [6, 6.07) is 4.16. The molecule has 0 unspecified atom stereocenters. The fourth-order valence-corrected chi connectivity index (χ4v) is 5.87. The number of rotatable bonds is 9. The Hall–Kier alpha value is -3.24. The summed E-state index contributed by atoms with van der Waals surface area (Å²) in [4.78, 5) is 30.4. The molecule has 0 spiro atoms. The molecule has 11 heteroatoms. The Labute approximate surface area is 239 Å². The average Bonchev–Trinajstić information content (AvgIpc) is 3.25. The molecule has 3 aromatic heterocycles. The van der Waals surface area contributed by atoms with Crippen LogP contribution in [-0.4, -0.2) is 42.6 Å². The Morgan fingerprint density at radius 3 is 2.44 bits per heavy atom. The quantitative estimate of drug-likeness (QED) is 0.300. The standard InChI is InChI=1S/C30H40F3N7O/c1-17(2)22-12-13-34-23(14-22)28-39-27-25(40(28)16-20-10-8-18(3)9-11-20)26(36-19(4)21-6-5-7-21)37-24(38-27)15-35-29(41)30(31,32)33/h12-14,17-21H,5-11,15-16H2,1-4H3,(H,35,41)(H,36,37,38)/t18?,19-,20?/m1/s1. The fourth-order valence-electron chi connectivity index (χ4n) is 5.87. The zero-order valence-corrected chi connectivity index (χ0v) is 24.3. The molecule has 0 aliphatic heterocycles. The maximum atomic E-state index is 12.9. The first kappa shape index (κ1) is 29.3. The third-order valence-corrected chi connectivity index (χ3v) is 8.79. The van der Waals surface area contributed by atoms with Gasteiger partial charge in [-0.1, -0.05) is 40.0 Å². The molecule has 41 heavy (non-hydrogen) atoms. The fraction of sp³-hybridized carbons (Fsp3) is 0.633. The molecule has 3 heterocycles. The van der Waals surface area contributed by atoms with Crippen molar-refractivity contribution in [2.75, 3.05) is 5.32 Å². The minimum atomic E-state index is -4.98. The van der Waals surface area contributed by atoms with Crippen LogP contribution in [0, 0.1) is 17.8 Å². The highest BCUT2D eigenvalue weighted by molar-refractivity contribution is 5.87. The van der Waals surface area contributed by atoms with Crippen LogP contribution in [-0.2, 0) is 17.9 Å². The van der Waals surface area contributed by atoms with E-state index in [0.717, 1.165) is 49.0 Å². The lowest BCUT2D eigenvalue weighted by atomic mass is 9.80. The summed E-state index contributed by atoms with van der Waals surface area (Å²) in [5.41, 5.74) is 2.98. The van der Waals surface area contributed by atoms with Gasteiger partial charge in [-0.05, 0) is 74.0 Å². The number of carbonyl (C=O) groups is 1. The van der Waals surface area contributed by atoms with Gasteiger partial charge >= 0.3 is 12.1 Å². The number of aromatic nitrogens is 5. The number of pyridine rings is 1. The topological polar surface area (TPSA) is 97.6 Å². The summed E-state index contributed by atoms with van der Waals surface area (Å²) in [5.74, 6) is 1.23. The molecule has 2 fully saturated rings. The van der Waals surface area contributed by atoms with E-state index in [1.54, 1.807) is 6.20 Å². The van der Waals surface area contributed by atoms with Crippen LogP contribution in [0.4, 0.5) is 19.0 Å². The molecule has 5 rings (SSSR count). The van der Waals surface area contributed by atoms with Crippen LogP contribution in [0.25, 0.3) is 22.7 Å². The van der Waals surface area contributed by atoms with Gasteiger partial charge in [0.15, 0.2) is 23.1 Å². The highest BCUT2D eigenvalue weighted by Crippen LogP contribution is 2.36. The number of fused-ring (bicyclic) bond motifs is 1. The second-order valence-electron chi connectivity index (χ2n) is 12.3. The largest absolute Gasteiger partial charge is 0.471 e. The maximum absolute atomic E-state index is 12.9. The second kappa shape index (κ2) is 11.9. The molecule has 3 aromatic rings. The molecule has 1 atom stereocenters. The number of nitrogens with zero attached hydrogens (tertiary/aromatic N) is 5. The lowest BCUT2D eigenvalue weighted by Gasteiger charge is -2.32. The SMILES string of the molecule is CC1CCC(Cn2c(-c3cc(C(C)C)ccn3)nc3nc(CNC(=O)C(F)(F)F)nc(N[C@H](C)C4CCC4)c32)CC1. The predicted molar refractivity (Wildman–Crippen MR) is 152 cm³/mol. The van der Waals surface area contributed by atoms with E-state index in [4.69, 9.17) is 4.98 Å². The maximum Gasteiger partial charge on any atom is 0.471 e. The molecule has 2 aliphatic carbocycles. The van der Waals surface area contributed by atoms with Crippen molar-refractivity contribution < 1.29 is 18.0 Å². The first-order valence-corrected chi connectivity index (χ1v) is 14.8. The van der Waals surface area contributed by atoms with E-state index in [1.807, 2.05) is 17.4 Å². The Kier molecular flexibility index (Phi) is 8.52. The van der Waals surface area contributed by atoms with Gasteiger partial charge in [0.05, 0.1) is 6.54 Å². The molecular weight excluding hydrogens is 531 g/mol. The average molecular weight is 572 g/mol. The first-order valence-electron chi connectivity index (χ1n) is 14.8. The van der Waals surface area contributed by atoms with Gasteiger partial charge in [-0.3, -0.25) is 9.78 Å². The Bertz CT molecular complexity index is 1370. The molecule has 1 amide bonds. The minimum Gasteiger partial charge on any atom is -0.365 e. The van der Waals surface area contributed by atoms with Crippen molar-refractivity contribution in [1.82, 2.24) is 29.8 Å². The van der Waals surface area contributed by atoms with Crippen LogP contribution < -0.4 is 10.6 Å². The van der Waals surface area contributed by atoms with Gasteiger partial charge in [0.1, 0.15) is 11.2 Å². The van der Waals surface area contributed by atoms with Crippen molar-refractivity contribution >= 4 is 22.9 Å². The van der Waals surface area contributed by atoms with Gasteiger partial charge in [0.25, 0.3) is 0 Å². The summed E-state index contributed by atoms with van der Waals surface area (Å²) in [7, 11) is 0. The van der Waals surface area contributed by atoms with Gasteiger partial charge in [-0.15, -0.1) is 0 Å². The zero-order chi connectivity index (χ0) is 29.3. The molecule has 0 bridgehead atoms. The van der Waals surface area contributed by atoms with Gasteiger partial charge in [0.2, 0.25) is 0 Å². The molecular formula is C30H40F3N7O. The van der Waals surface area contributed by atoms with E-state index in [1.165, 1.54) is 19.3 Å². The van der Waals surface area contributed by atoms with Crippen LogP contribution in [0.5, 0.6) is 0 Å². The molecule has 2 aliphatic rings. The number of halogens is 3. The lowest BCUT2D eigenvalue weighted by molar-refractivity contribution is -0.173. The van der Waals surface area contributed by atoms with Crippen molar-refractivity contribution in [3.05, 3.63) is 29.7 Å². The number of anilines is 1. The molecule has 2 N–H and O–H groups in total. The number of alkyl halides is 3. The van der Waals surface area contributed by atoms with E-state index in [9.17, 15) is 18.0 Å². The van der Waals surface area contributed by atoms with Crippen molar-refractivity contribution in [3.63, 3.8) is 0 Å². The third-order valence-electron chi connectivity index (χ3n) is 8.79. The summed E-state index contributed by atoms with van der Waals surface area (Å²) in [6.45, 7) is 8.94. The molecule has 0 saturated heterocycles. The molecule has 0 aromatic carbocycles. The highest BCUT2D eigenvalue weighted by Gasteiger charge is 2.38. The minimum absolute atomic E-state index is 0.0741. The molecule has 8 nitrogen and oxygen atoms in total. The summed E-state index contributed by atoms with van der Waals surface area (Å²) < 4.78 is 40.8. The Balaban J connectivity index is 1.61. The lowest BCUT2D eigenvalue weighted by Crippen LogP contribution is -2.36. The van der Waals surface area contributed by atoms with Gasteiger partial charge < -0.3 is 15.2 Å². The van der Waals surface area contributed by atoms with Crippen LogP contribution in [0.2, 0.25) is 0 Å². The molecule has 0 radical (unpaired) electrons. The Morgan fingerprint density at radius 2 is 1.80 bits per heavy atom. The van der Waals surface area contributed by atoms with Crippen molar-refractivity contribution in [2.45, 2.75) is 104 Å². The summed E-state index contributed by atoms with van der Waals surface area (Å²) in [6.07, 6.45) is 4.81. The zero-order valence-electron chi connectivity index (χ0n) is 24.3. The van der Waals surface area contributed by atoms with Gasteiger partial charge in [0, 0.05) is 18.8 Å². The predicted octanol–water partition coefficient (Wildman–Crippen LogP) is 6.62. The smallest absolute Gasteiger partial charge is 0.365 e. The van der Waals surface area contributed by atoms with E-state index in [0.29, 0.717) is 41.0 Å². The van der Waals surface area contributed by atoms with Crippen LogP contribution >= 0.6 is 0 Å². The normalized spacial score (nSPS) is 20.7. The van der Waals surface area contributed by atoms with Crippen molar-refractivity contribution in [1.29, 1.82) is 0 Å². The van der Waals surface area contributed by atoms with Crippen LogP contribution in [0.3, 0.4) is 0 Å². The van der Waals surface area contributed by atoms with Gasteiger partial charge in [-0.25, -0.2) is 15.0 Å². The second-order valence-corrected chi connectivity index (χ2v) is 12.3. The monoisotopic (exact) mass is 571 g/mol. The number of hydrogen-bond acceptors (Lipinski definition) is 6. The summed E-state index contributed by atoms with van der Waals surface area (Å²) >= 11 is 0. The van der Waals surface area contributed by atoms with Crippen LogP contribution in [0.15, 0.2) is 18.3 Å². The van der Waals surface area contributed by atoms with E-state index in [-0.39, 0.29) is 11.9 Å². The van der Waals surface area contributed by atoms with E-state index in [2.05, 4.69) is 52.5 Å². The van der Waals surface area contributed by atoms with Gasteiger partial charge in [-0.2, -0.15) is 13.2 Å². The van der Waals surface area contributed by atoms with E-state index < -0.39 is 18.6 Å². The third kappa shape index (κ3) is 6.64. The first-order chi connectivity index (χ1) is 19.5. The molecule has 222 valence electrons. The number of imidazole rings is 1. The summed E-state index contributed by atoms with van der Waals surface area (Å²) in [5, 5.41) is 5.47. The number of carbonyl (C=O) groups excluding carboxylic acids is 1. The molecule has 2 saturated carbocycles. The Morgan fingerprint density at radius 1 is 1.07 bits per heavy atom. The number of nitrogens with one attached hydrogen (secondary N) is 2. The van der Waals surface area contributed by atoms with Crippen molar-refractivity contribution in [3.8, 4) is 11.5 Å². The number of hydrogen-bond donors (Lipinski definition) is 2. The highest BCUT2D eigenvalue weighted by atomic mass is 19.4. The van der Waals surface area contributed by atoms with Crippen LogP contribution in [0.1, 0.15) is 89.9 Å². The van der Waals surface area contributed by atoms with E-state index >= 15 is 0 Å².